The van der Waals surface area contributed by atoms with E-state index in [4.69, 9.17) is 4.74 Å². The van der Waals surface area contributed by atoms with Crippen molar-refractivity contribution in [2.75, 3.05) is 25.0 Å². The molecule has 1 amide bonds. The molecule has 1 heterocycles. The lowest BCUT2D eigenvalue weighted by atomic mass is 10.2. The molecular weight excluding hydrogens is 444 g/mol. The van der Waals surface area contributed by atoms with Crippen molar-refractivity contribution in [3.63, 3.8) is 0 Å². The Morgan fingerprint density at radius 3 is 2.43 bits per heavy atom. The monoisotopic (exact) mass is 466 g/mol. The Morgan fingerprint density at radius 2 is 1.79 bits per heavy atom. The molecule has 28 heavy (non-hydrogen) atoms. The summed E-state index contributed by atoms with van der Waals surface area (Å²) in [5, 5.41) is 2.71. The highest BCUT2D eigenvalue weighted by Crippen LogP contribution is 2.26. The number of aryl methyl sites for hydroxylation is 1. The van der Waals surface area contributed by atoms with Crippen LogP contribution in [-0.2, 0) is 14.8 Å². The zero-order chi connectivity index (χ0) is 20.1. The van der Waals surface area contributed by atoms with E-state index in [0.29, 0.717) is 24.5 Å². The fraction of sp³-hybridized carbons (Fsp3) is 0.350. The number of hydrogen-bond donors (Lipinski definition) is 1. The highest BCUT2D eigenvalue weighted by Gasteiger charge is 2.25. The molecule has 0 aromatic heterocycles. The van der Waals surface area contributed by atoms with Gasteiger partial charge in [-0.1, -0.05) is 12.5 Å². The number of amides is 1. The van der Waals surface area contributed by atoms with E-state index in [1.54, 1.807) is 18.2 Å². The summed E-state index contributed by atoms with van der Waals surface area (Å²) in [5.41, 5.74) is 1.61. The van der Waals surface area contributed by atoms with Crippen molar-refractivity contribution in [3.05, 3.63) is 52.5 Å². The number of nitrogens with one attached hydrogen (secondary N) is 1. The normalized spacial score (nSPS) is 15.2. The largest absolute Gasteiger partial charge is 0.483 e. The number of benzene rings is 2. The van der Waals surface area contributed by atoms with Gasteiger partial charge in [-0.05, 0) is 77.7 Å². The third-order valence-electron chi connectivity index (χ3n) is 4.54. The smallest absolute Gasteiger partial charge is 0.262 e. The summed E-state index contributed by atoms with van der Waals surface area (Å²) in [6, 6.07) is 11.8. The van der Waals surface area contributed by atoms with Gasteiger partial charge in [0.05, 0.1) is 9.37 Å². The van der Waals surface area contributed by atoms with Gasteiger partial charge in [0.25, 0.3) is 5.91 Å². The van der Waals surface area contributed by atoms with Gasteiger partial charge in [-0.25, -0.2) is 8.42 Å². The Labute approximate surface area is 174 Å². The fourth-order valence-corrected chi connectivity index (χ4v) is 5.15. The zero-order valence-electron chi connectivity index (χ0n) is 15.7. The highest BCUT2D eigenvalue weighted by molar-refractivity contribution is 9.10. The maximum Gasteiger partial charge on any atom is 0.262 e. The molecule has 8 heteroatoms. The molecule has 0 aliphatic carbocycles. The van der Waals surface area contributed by atoms with Crippen molar-refractivity contribution in [2.45, 2.75) is 31.1 Å². The minimum atomic E-state index is -3.47. The lowest BCUT2D eigenvalue weighted by Crippen LogP contribution is -2.35. The SMILES string of the molecule is Cc1ccc(OCC(=O)Nc2ccc(S(=O)(=O)N3CCCCC3)cc2)c(Br)c1. The summed E-state index contributed by atoms with van der Waals surface area (Å²) < 4.78 is 33.1. The number of piperidine rings is 1. The average molecular weight is 467 g/mol. The molecule has 0 atom stereocenters. The molecule has 1 N–H and O–H groups in total. The Morgan fingerprint density at radius 1 is 1.11 bits per heavy atom. The topological polar surface area (TPSA) is 75.7 Å². The van der Waals surface area contributed by atoms with E-state index in [-0.39, 0.29) is 17.4 Å². The molecule has 1 saturated heterocycles. The summed E-state index contributed by atoms with van der Waals surface area (Å²) in [4.78, 5) is 12.4. The second kappa shape index (κ2) is 9.07. The van der Waals surface area contributed by atoms with Crippen LogP contribution in [0.1, 0.15) is 24.8 Å². The molecular formula is C20H23BrN2O4S. The first-order valence-corrected chi connectivity index (χ1v) is 11.4. The lowest BCUT2D eigenvalue weighted by molar-refractivity contribution is -0.118. The van der Waals surface area contributed by atoms with Crippen molar-refractivity contribution in [1.29, 1.82) is 0 Å². The predicted octanol–water partition coefficient (Wildman–Crippen LogP) is 3.95. The standard InChI is InChI=1S/C20H23BrN2O4S/c1-15-5-10-19(18(21)13-15)27-14-20(24)22-16-6-8-17(9-7-16)28(25,26)23-11-3-2-4-12-23/h5-10,13H,2-4,11-12,14H2,1H3,(H,22,24). The first-order chi connectivity index (χ1) is 13.4. The molecule has 0 radical (unpaired) electrons. The quantitative estimate of drug-likeness (QED) is 0.698. The number of sulfonamides is 1. The molecule has 0 unspecified atom stereocenters. The molecule has 1 fully saturated rings. The molecule has 150 valence electrons. The number of ether oxygens (including phenoxy) is 1. The van der Waals surface area contributed by atoms with Crippen LogP contribution in [0.3, 0.4) is 0 Å². The van der Waals surface area contributed by atoms with Gasteiger partial charge in [0.2, 0.25) is 10.0 Å². The highest BCUT2D eigenvalue weighted by atomic mass is 79.9. The Bertz CT molecular complexity index is 939. The van der Waals surface area contributed by atoms with Crippen molar-refractivity contribution in [1.82, 2.24) is 4.31 Å². The van der Waals surface area contributed by atoms with Gasteiger partial charge >= 0.3 is 0 Å². The van der Waals surface area contributed by atoms with E-state index < -0.39 is 10.0 Å². The first kappa shape index (κ1) is 20.8. The van der Waals surface area contributed by atoms with E-state index in [2.05, 4.69) is 21.2 Å². The Hall–Kier alpha value is -1.90. The van der Waals surface area contributed by atoms with E-state index >= 15 is 0 Å². The van der Waals surface area contributed by atoms with Crippen LogP contribution >= 0.6 is 15.9 Å². The number of carbonyl (C=O) groups excluding carboxylic acids is 1. The summed E-state index contributed by atoms with van der Waals surface area (Å²) >= 11 is 3.41. The molecule has 1 aliphatic heterocycles. The van der Waals surface area contributed by atoms with E-state index in [0.717, 1.165) is 29.3 Å². The molecule has 0 bridgehead atoms. The van der Waals surface area contributed by atoms with Gasteiger partial charge in [0, 0.05) is 18.8 Å². The molecule has 6 nitrogen and oxygen atoms in total. The van der Waals surface area contributed by atoms with Crippen molar-refractivity contribution in [2.24, 2.45) is 0 Å². The van der Waals surface area contributed by atoms with Crippen molar-refractivity contribution in [3.8, 4) is 5.75 Å². The molecule has 2 aromatic carbocycles. The third kappa shape index (κ3) is 5.12. The summed E-state index contributed by atoms with van der Waals surface area (Å²) in [6.07, 6.45) is 2.85. The third-order valence-corrected chi connectivity index (χ3v) is 7.07. The number of nitrogens with zero attached hydrogens (tertiary/aromatic N) is 1. The second-order valence-electron chi connectivity index (χ2n) is 6.76. The van der Waals surface area contributed by atoms with Gasteiger partial charge in [-0.2, -0.15) is 4.31 Å². The Kier molecular flexibility index (Phi) is 6.74. The van der Waals surface area contributed by atoms with Crippen LogP contribution in [0.25, 0.3) is 0 Å². The fourth-order valence-electron chi connectivity index (χ4n) is 3.03. The van der Waals surface area contributed by atoms with Crippen LogP contribution in [0.15, 0.2) is 51.8 Å². The average Bonchev–Trinajstić information content (AvgIpc) is 2.68. The maximum absolute atomic E-state index is 12.7. The van der Waals surface area contributed by atoms with Gasteiger partial charge in [0.1, 0.15) is 5.75 Å². The molecule has 0 saturated carbocycles. The maximum atomic E-state index is 12.7. The number of halogens is 1. The van der Waals surface area contributed by atoms with Gasteiger partial charge < -0.3 is 10.1 Å². The second-order valence-corrected chi connectivity index (χ2v) is 9.55. The van der Waals surface area contributed by atoms with Crippen LogP contribution in [0.5, 0.6) is 5.75 Å². The first-order valence-electron chi connectivity index (χ1n) is 9.15. The molecule has 0 spiro atoms. The van der Waals surface area contributed by atoms with E-state index in [9.17, 15) is 13.2 Å². The summed E-state index contributed by atoms with van der Waals surface area (Å²) in [6.45, 7) is 2.95. The van der Waals surface area contributed by atoms with Gasteiger partial charge in [-0.15, -0.1) is 0 Å². The Balaban J connectivity index is 1.58. The number of rotatable bonds is 6. The predicted molar refractivity (Wildman–Crippen MR) is 112 cm³/mol. The number of hydrogen-bond acceptors (Lipinski definition) is 4. The van der Waals surface area contributed by atoms with E-state index in [1.807, 2.05) is 19.1 Å². The minimum Gasteiger partial charge on any atom is -0.483 e. The van der Waals surface area contributed by atoms with Crippen molar-refractivity contribution >= 4 is 37.5 Å². The summed E-state index contributed by atoms with van der Waals surface area (Å²) in [5.74, 6) is 0.267. The molecule has 2 aromatic rings. The number of carbonyl (C=O) groups is 1. The molecule has 3 rings (SSSR count). The lowest BCUT2D eigenvalue weighted by Gasteiger charge is -2.25. The van der Waals surface area contributed by atoms with Crippen LogP contribution in [0.2, 0.25) is 0 Å². The van der Waals surface area contributed by atoms with Crippen molar-refractivity contribution < 1.29 is 17.9 Å². The van der Waals surface area contributed by atoms with Gasteiger partial charge in [0.15, 0.2) is 6.61 Å². The van der Waals surface area contributed by atoms with Crippen LogP contribution in [0.4, 0.5) is 5.69 Å². The van der Waals surface area contributed by atoms with Crippen LogP contribution < -0.4 is 10.1 Å². The van der Waals surface area contributed by atoms with E-state index in [1.165, 1.54) is 16.4 Å². The van der Waals surface area contributed by atoms with Gasteiger partial charge in [-0.3, -0.25) is 4.79 Å². The summed E-state index contributed by atoms with van der Waals surface area (Å²) in [7, 11) is -3.47. The minimum absolute atomic E-state index is 0.143. The number of anilines is 1. The van der Waals surface area contributed by atoms with Crippen LogP contribution in [-0.4, -0.2) is 38.3 Å². The zero-order valence-corrected chi connectivity index (χ0v) is 18.1. The van der Waals surface area contributed by atoms with Crippen LogP contribution in [0, 0.1) is 6.92 Å². The molecule has 1 aliphatic rings.